The Kier molecular flexibility index (Phi) is 8.71. The first-order valence-corrected chi connectivity index (χ1v) is 15.9. The maximum Gasteiger partial charge on any atom is 0.245 e. The lowest BCUT2D eigenvalue weighted by molar-refractivity contribution is 0.131. The molecule has 2 fully saturated rings. The highest BCUT2D eigenvalue weighted by Gasteiger charge is 2.24. The van der Waals surface area contributed by atoms with Crippen LogP contribution in [0, 0.1) is 5.92 Å². The number of nitrogens with one attached hydrogen (secondary N) is 1. The number of thiol groups is 1. The summed E-state index contributed by atoms with van der Waals surface area (Å²) in [5.74, 6) is 1.21. The van der Waals surface area contributed by atoms with Crippen LogP contribution in [0.15, 0.2) is 66.9 Å². The van der Waals surface area contributed by atoms with Gasteiger partial charge in [-0.1, -0.05) is 24.3 Å². The van der Waals surface area contributed by atoms with Crippen LogP contribution < -0.4 is 10.2 Å². The summed E-state index contributed by atoms with van der Waals surface area (Å²) in [6, 6.07) is 20.3. The van der Waals surface area contributed by atoms with Gasteiger partial charge < -0.3 is 20.0 Å². The molecule has 2 saturated heterocycles. The molecule has 10 nitrogen and oxygen atoms in total. The molecule has 0 spiro atoms. The monoisotopic (exact) mass is 588 g/mol. The number of nitrogens with zero attached hydrogens (tertiary/aromatic N) is 7. The van der Waals surface area contributed by atoms with Crippen LogP contribution in [-0.4, -0.2) is 97.0 Å². The molecule has 4 heterocycles. The van der Waals surface area contributed by atoms with Crippen molar-refractivity contribution >= 4 is 33.7 Å². The number of aromatic nitrogens is 3. The number of anilines is 3. The molecule has 0 saturated carbocycles. The van der Waals surface area contributed by atoms with Gasteiger partial charge >= 0.3 is 0 Å². The smallest absolute Gasteiger partial charge is 0.245 e. The predicted octanol–water partition coefficient (Wildman–Crippen LogP) is 3.56. The molecule has 4 aromatic rings. The fraction of sp³-hybridized carbons (Fsp3) is 0.419. The number of benzene rings is 2. The van der Waals surface area contributed by atoms with E-state index in [1.54, 1.807) is 13.2 Å². The lowest BCUT2D eigenvalue weighted by Crippen LogP contribution is -2.48. The van der Waals surface area contributed by atoms with Gasteiger partial charge in [0.15, 0.2) is 0 Å². The van der Waals surface area contributed by atoms with Crippen LogP contribution in [0.4, 0.5) is 17.3 Å². The molecule has 2 aromatic carbocycles. The standard InChI is InChI=1S/C31H40N8O2S/c1-35-16-18-37(19-17-35)21-24-6-5-15-38(22-24)27-11-9-26(10-12-27)33-31-32-20-28-13-14-30(39(28)34-31)29-8-4-3-7-25(29)23-36(2)42(40)41/h3-4,7-14,20,24,42H,5-6,15-19,21-23H2,1-2H3,(H,33,34). The lowest BCUT2D eigenvalue weighted by atomic mass is 9.96. The Balaban J connectivity index is 1.14. The molecule has 1 unspecified atom stereocenters. The van der Waals surface area contributed by atoms with Crippen molar-refractivity contribution in [3.05, 3.63) is 72.4 Å². The fourth-order valence-electron chi connectivity index (χ4n) is 6.10. The second-order valence-electron chi connectivity index (χ2n) is 11.6. The number of rotatable bonds is 9. The number of piperazine rings is 1. The zero-order valence-electron chi connectivity index (χ0n) is 24.4. The highest BCUT2D eigenvalue weighted by molar-refractivity contribution is 7.69. The van der Waals surface area contributed by atoms with Crippen LogP contribution in [-0.2, 0) is 17.4 Å². The van der Waals surface area contributed by atoms with Gasteiger partial charge in [-0.2, -0.15) is 0 Å². The molecule has 1 atom stereocenters. The van der Waals surface area contributed by atoms with Crippen molar-refractivity contribution in [3.8, 4) is 11.3 Å². The molecular formula is C31H40N8O2S. The summed E-state index contributed by atoms with van der Waals surface area (Å²) in [6.45, 7) is 8.40. The summed E-state index contributed by atoms with van der Waals surface area (Å²) in [5, 5.41) is 8.15. The summed E-state index contributed by atoms with van der Waals surface area (Å²) >= 11 is 0. The summed E-state index contributed by atoms with van der Waals surface area (Å²) in [5.41, 5.74) is 5.77. The van der Waals surface area contributed by atoms with Crippen LogP contribution in [0.5, 0.6) is 0 Å². The topological polar surface area (TPSA) is 89.3 Å². The van der Waals surface area contributed by atoms with E-state index in [0.717, 1.165) is 41.1 Å². The van der Waals surface area contributed by atoms with E-state index in [4.69, 9.17) is 5.10 Å². The van der Waals surface area contributed by atoms with E-state index in [9.17, 15) is 8.42 Å². The van der Waals surface area contributed by atoms with Crippen molar-refractivity contribution in [1.82, 2.24) is 28.7 Å². The molecule has 0 bridgehead atoms. The van der Waals surface area contributed by atoms with Gasteiger partial charge in [0.2, 0.25) is 16.8 Å². The van der Waals surface area contributed by atoms with Crippen LogP contribution in [0.1, 0.15) is 18.4 Å². The SMILES string of the molecule is CN1CCN(CC2CCCN(c3ccc(Nc4ncc5ccc(-c6ccccc6CN(C)[SH](=O)=O)n5n4)cc3)C2)CC1. The van der Waals surface area contributed by atoms with Gasteiger partial charge in [-0.3, -0.25) is 0 Å². The lowest BCUT2D eigenvalue weighted by Gasteiger charge is -2.39. The van der Waals surface area contributed by atoms with E-state index in [1.807, 2.05) is 40.9 Å². The molecule has 42 heavy (non-hydrogen) atoms. The Labute approximate surface area is 249 Å². The van der Waals surface area contributed by atoms with Crippen molar-refractivity contribution in [2.75, 3.05) is 70.1 Å². The molecule has 0 aliphatic carbocycles. The number of fused-ring (bicyclic) bond motifs is 1. The van der Waals surface area contributed by atoms with Crippen LogP contribution >= 0.6 is 0 Å². The third-order valence-corrected chi connectivity index (χ3v) is 9.19. The van der Waals surface area contributed by atoms with Gasteiger partial charge in [-0.05, 0) is 67.8 Å². The van der Waals surface area contributed by atoms with Crippen molar-refractivity contribution in [1.29, 1.82) is 0 Å². The first kappa shape index (κ1) is 28.6. The van der Waals surface area contributed by atoms with E-state index in [-0.39, 0.29) is 6.54 Å². The molecule has 0 amide bonds. The second kappa shape index (κ2) is 12.8. The van der Waals surface area contributed by atoms with Crippen molar-refractivity contribution in [2.24, 2.45) is 5.92 Å². The molecule has 11 heteroatoms. The van der Waals surface area contributed by atoms with Crippen molar-refractivity contribution in [3.63, 3.8) is 0 Å². The highest BCUT2D eigenvalue weighted by atomic mass is 32.2. The molecule has 2 aliphatic heterocycles. The Hall–Kier alpha value is -3.51. The van der Waals surface area contributed by atoms with E-state index >= 15 is 0 Å². The van der Waals surface area contributed by atoms with Crippen LogP contribution in [0.3, 0.4) is 0 Å². The third-order valence-electron chi connectivity index (χ3n) is 8.49. The van der Waals surface area contributed by atoms with Gasteiger partial charge in [0.05, 0.1) is 17.4 Å². The minimum Gasteiger partial charge on any atom is -0.371 e. The highest BCUT2D eigenvalue weighted by Crippen LogP contribution is 2.28. The van der Waals surface area contributed by atoms with Crippen molar-refractivity contribution in [2.45, 2.75) is 19.4 Å². The van der Waals surface area contributed by atoms with E-state index in [2.05, 4.69) is 56.3 Å². The number of hydrogen-bond acceptors (Lipinski definition) is 8. The van der Waals surface area contributed by atoms with Gasteiger partial charge in [0.25, 0.3) is 0 Å². The summed E-state index contributed by atoms with van der Waals surface area (Å²) in [6.07, 6.45) is 4.34. The second-order valence-corrected chi connectivity index (χ2v) is 12.7. The quantitative estimate of drug-likeness (QED) is 0.287. The van der Waals surface area contributed by atoms with E-state index in [1.165, 1.54) is 55.6 Å². The van der Waals surface area contributed by atoms with Crippen molar-refractivity contribution < 1.29 is 8.42 Å². The Bertz CT molecular complexity index is 1570. The minimum absolute atomic E-state index is 0.290. The van der Waals surface area contributed by atoms with E-state index in [0.29, 0.717) is 11.9 Å². The maximum absolute atomic E-state index is 11.5. The first-order valence-electron chi connectivity index (χ1n) is 14.7. The molecule has 1 N–H and O–H groups in total. The normalized spacial score (nSPS) is 18.8. The Morgan fingerprint density at radius 3 is 2.55 bits per heavy atom. The van der Waals surface area contributed by atoms with Gasteiger partial charge in [0.1, 0.15) is 0 Å². The average Bonchev–Trinajstić information content (AvgIpc) is 3.42. The maximum atomic E-state index is 11.5. The predicted molar refractivity (Wildman–Crippen MR) is 169 cm³/mol. The summed E-state index contributed by atoms with van der Waals surface area (Å²) in [7, 11) is 1.14. The van der Waals surface area contributed by atoms with Crippen LogP contribution in [0.2, 0.25) is 0 Å². The van der Waals surface area contributed by atoms with E-state index < -0.39 is 10.9 Å². The average molecular weight is 589 g/mol. The molecule has 2 aliphatic rings. The van der Waals surface area contributed by atoms with Gasteiger partial charge in [0, 0.05) is 76.3 Å². The Morgan fingerprint density at radius 2 is 1.76 bits per heavy atom. The van der Waals surface area contributed by atoms with Gasteiger partial charge in [-0.15, -0.1) is 5.10 Å². The molecule has 0 radical (unpaired) electrons. The zero-order valence-corrected chi connectivity index (χ0v) is 25.3. The molecule has 2 aromatic heterocycles. The first-order chi connectivity index (χ1) is 20.4. The third kappa shape index (κ3) is 6.59. The minimum atomic E-state index is -2.65. The molecular weight excluding hydrogens is 548 g/mol. The number of hydrogen-bond donors (Lipinski definition) is 2. The molecule has 222 valence electrons. The Morgan fingerprint density at radius 1 is 0.976 bits per heavy atom. The fourth-order valence-corrected chi connectivity index (χ4v) is 6.37. The summed E-state index contributed by atoms with van der Waals surface area (Å²) < 4.78 is 26.1. The molecule has 6 rings (SSSR count). The zero-order chi connectivity index (χ0) is 29.1. The van der Waals surface area contributed by atoms with Crippen LogP contribution in [0.25, 0.3) is 16.8 Å². The number of likely N-dealkylation sites (N-methyl/N-ethyl adjacent to an activating group) is 1. The number of piperidine rings is 1. The van der Waals surface area contributed by atoms with Gasteiger partial charge in [-0.25, -0.2) is 22.2 Å². The summed E-state index contributed by atoms with van der Waals surface area (Å²) in [4.78, 5) is 12.1. The largest absolute Gasteiger partial charge is 0.371 e.